The molecule has 2 rings (SSSR count). The van der Waals surface area contributed by atoms with Gasteiger partial charge < -0.3 is 9.47 Å². The van der Waals surface area contributed by atoms with E-state index in [-0.39, 0.29) is 6.61 Å². The summed E-state index contributed by atoms with van der Waals surface area (Å²) >= 11 is 9.27. The predicted octanol–water partition coefficient (Wildman–Crippen LogP) is 4.86. The van der Waals surface area contributed by atoms with E-state index < -0.39 is 6.09 Å². The molecule has 1 amide bonds. The zero-order chi connectivity index (χ0) is 15.2. The van der Waals surface area contributed by atoms with Crippen molar-refractivity contribution in [2.45, 2.75) is 6.61 Å². The van der Waals surface area contributed by atoms with Gasteiger partial charge in [0.15, 0.2) is 0 Å². The van der Waals surface area contributed by atoms with Crippen molar-refractivity contribution >= 4 is 39.3 Å². The van der Waals surface area contributed by atoms with Crippen molar-refractivity contribution in [3.05, 3.63) is 57.5 Å². The van der Waals surface area contributed by atoms with E-state index in [4.69, 9.17) is 21.1 Å². The van der Waals surface area contributed by atoms with Gasteiger partial charge in [-0.25, -0.2) is 4.79 Å². The second-order valence-electron chi connectivity index (χ2n) is 4.15. The SMILES string of the molecule is COc1cc(Cl)c(Br)cc1NC(=O)OCc1ccccc1. The molecular weight excluding hydrogens is 358 g/mol. The summed E-state index contributed by atoms with van der Waals surface area (Å²) in [5, 5.41) is 3.12. The molecule has 0 aliphatic heterocycles. The number of methoxy groups -OCH3 is 1. The minimum absolute atomic E-state index is 0.198. The van der Waals surface area contributed by atoms with Gasteiger partial charge in [0.1, 0.15) is 12.4 Å². The van der Waals surface area contributed by atoms with Crippen LogP contribution in [-0.2, 0) is 11.3 Å². The smallest absolute Gasteiger partial charge is 0.412 e. The molecule has 0 fully saturated rings. The molecule has 0 saturated heterocycles. The van der Waals surface area contributed by atoms with E-state index in [9.17, 15) is 4.79 Å². The van der Waals surface area contributed by atoms with E-state index in [1.807, 2.05) is 30.3 Å². The van der Waals surface area contributed by atoms with Gasteiger partial charge in [-0.1, -0.05) is 41.9 Å². The standard InChI is InChI=1S/C15H13BrClNO3/c1-20-14-8-12(17)11(16)7-13(14)18-15(19)21-9-10-5-3-2-4-6-10/h2-8H,9H2,1H3,(H,18,19). The molecule has 0 aliphatic rings. The molecule has 0 aromatic heterocycles. The maximum absolute atomic E-state index is 11.8. The molecule has 6 heteroatoms. The highest BCUT2D eigenvalue weighted by Crippen LogP contribution is 2.34. The van der Waals surface area contributed by atoms with E-state index in [1.54, 1.807) is 12.1 Å². The fourth-order valence-electron chi connectivity index (χ4n) is 1.66. The molecule has 0 heterocycles. The normalized spacial score (nSPS) is 10.0. The molecule has 2 aromatic rings. The summed E-state index contributed by atoms with van der Waals surface area (Å²) in [4.78, 5) is 11.8. The molecule has 0 atom stereocenters. The first-order valence-electron chi connectivity index (χ1n) is 6.11. The quantitative estimate of drug-likeness (QED) is 0.836. The first-order valence-corrected chi connectivity index (χ1v) is 7.28. The average molecular weight is 371 g/mol. The minimum atomic E-state index is -0.564. The van der Waals surface area contributed by atoms with Gasteiger partial charge in [0.25, 0.3) is 0 Å². The highest BCUT2D eigenvalue weighted by Gasteiger charge is 2.11. The van der Waals surface area contributed by atoms with Crippen molar-refractivity contribution < 1.29 is 14.3 Å². The van der Waals surface area contributed by atoms with E-state index in [2.05, 4.69) is 21.2 Å². The second kappa shape index (κ2) is 7.33. The number of ether oxygens (including phenoxy) is 2. The van der Waals surface area contributed by atoms with Crippen LogP contribution in [0.4, 0.5) is 10.5 Å². The summed E-state index contributed by atoms with van der Waals surface area (Å²) in [7, 11) is 1.50. The summed E-state index contributed by atoms with van der Waals surface area (Å²) in [6.45, 7) is 0.198. The molecule has 1 N–H and O–H groups in total. The van der Waals surface area contributed by atoms with Crippen LogP contribution in [-0.4, -0.2) is 13.2 Å². The number of anilines is 1. The summed E-state index contributed by atoms with van der Waals surface area (Å²) in [5.74, 6) is 0.458. The lowest BCUT2D eigenvalue weighted by Gasteiger charge is -2.12. The predicted molar refractivity (Wildman–Crippen MR) is 86.0 cm³/mol. The highest BCUT2D eigenvalue weighted by molar-refractivity contribution is 9.10. The van der Waals surface area contributed by atoms with Gasteiger partial charge in [0.05, 0.1) is 17.8 Å². The average Bonchev–Trinajstić information content (AvgIpc) is 2.49. The Hall–Kier alpha value is -1.72. The lowest BCUT2D eigenvalue weighted by Crippen LogP contribution is -2.14. The molecule has 4 nitrogen and oxygen atoms in total. The van der Waals surface area contributed by atoms with Gasteiger partial charge in [0.2, 0.25) is 0 Å². The van der Waals surface area contributed by atoms with Crippen LogP contribution in [0.25, 0.3) is 0 Å². The van der Waals surface area contributed by atoms with Crippen molar-refractivity contribution in [2.24, 2.45) is 0 Å². The maximum atomic E-state index is 11.8. The third kappa shape index (κ3) is 4.37. The lowest BCUT2D eigenvalue weighted by atomic mass is 10.2. The number of halogens is 2. The van der Waals surface area contributed by atoms with Gasteiger partial charge >= 0.3 is 6.09 Å². The van der Waals surface area contributed by atoms with Crippen molar-refractivity contribution in [3.63, 3.8) is 0 Å². The van der Waals surface area contributed by atoms with Crippen molar-refractivity contribution in [2.75, 3.05) is 12.4 Å². The molecule has 21 heavy (non-hydrogen) atoms. The van der Waals surface area contributed by atoms with Crippen LogP contribution in [0.5, 0.6) is 5.75 Å². The molecule has 110 valence electrons. The monoisotopic (exact) mass is 369 g/mol. The minimum Gasteiger partial charge on any atom is -0.495 e. The number of carbonyl (C=O) groups is 1. The van der Waals surface area contributed by atoms with Crippen molar-refractivity contribution in [3.8, 4) is 5.75 Å². The van der Waals surface area contributed by atoms with Crippen LogP contribution in [0, 0.1) is 0 Å². The van der Waals surface area contributed by atoms with E-state index >= 15 is 0 Å². The second-order valence-corrected chi connectivity index (χ2v) is 5.41. The van der Waals surface area contributed by atoms with Gasteiger partial charge in [-0.2, -0.15) is 0 Å². The molecule has 0 aliphatic carbocycles. The first kappa shape index (κ1) is 15.7. The van der Waals surface area contributed by atoms with Gasteiger partial charge in [0, 0.05) is 10.5 Å². The molecule has 0 spiro atoms. The number of amides is 1. The third-order valence-corrected chi connectivity index (χ3v) is 3.89. The number of nitrogens with one attached hydrogen (secondary N) is 1. The van der Waals surface area contributed by atoms with Crippen molar-refractivity contribution in [1.29, 1.82) is 0 Å². The van der Waals surface area contributed by atoms with Crippen LogP contribution in [0.2, 0.25) is 5.02 Å². The molecule has 0 unspecified atom stereocenters. The molecular formula is C15H13BrClNO3. The third-order valence-electron chi connectivity index (χ3n) is 2.69. The molecule has 0 bridgehead atoms. The Balaban J connectivity index is 2.01. The Bertz CT molecular complexity index is 634. The van der Waals surface area contributed by atoms with Gasteiger partial charge in [-0.15, -0.1) is 0 Å². The van der Waals surface area contributed by atoms with Gasteiger partial charge in [-0.05, 0) is 27.6 Å². The fourth-order valence-corrected chi connectivity index (χ4v) is 2.16. The van der Waals surface area contributed by atoms with E-state index in [0.29, 0.717) is 20.9 Å². The maximum Gasteiger partial charge on any atom is 0.412 e. The molecule has 0 radical (unpaired) electrons. The zero-order valence-corrected chi connectivity index (χ0v) is 13.6. The van der Waals surface area contributed by atoms with Crippen LogP contribution in [0.1, 0.15) is 5.56 Å². The Morgan fingerprint density at radius 1 is 1.29 bits per heavy atom. The number of hydrogen-bond donors (Lipinski definition) is 1. The van der Waals surface area contributed by atoms with Crippen LogP contribution >= 0.6 is 27.5 Å². The Morgan fingerprint density at radius 2 is 2.00 bits per heavy atom. The van der Waals surface area contributed by atoms with Crippen LogP contribution in [0.3, 0.4) is 0 Å². The summed E-state index contributed by atoms with van der Waals surface area (Å²) in [6.07, 6.45) is -0.564. The van der Waals surface area contributed by atoms with E-state index in [1.165, 1.54) is 7.11 Å². The Labute approximate surface area is 136 Å². The largest absolute Gasteiger partial charge is 0.495 e. The number of carbonyl (C=O) groups excluding carboxylic acids is 1. The summed E-state index contributed by atoms with van der Waals surface area (Å²) < 4.78 is 11.0. The fraction of sp³-hybridized carbons (Fsp3) is 0.133. The Morgan fingerprint density at radius 3 is 2.67 bits per heavy atom. The highest BCUT2D eigenvalue weighted by atomic mass is 79.9. The molecule has 0 saturated carbocycles. The van der Waals surface area contributed by atoms with Crippen LogP contribution < -0.4 is 10.1 Å². The summed E-state index contributed by atoms with van der Waals surface area (Å²) in [5.41, 5.74) is 1.39. The van der Waals surface area contributed by atoms with E-state index in [0.717, 1.165) is 5.56 Å². The Kier molecular flexibility index (Phi) is 5.47. The number of benzene rings is 2. The molecule has 2 aromatic carbocycles. The van der Waals surface area contributed by atoms with Gasteiger partial charge in [-0.3, -0.25) is 5.32 Å². The lowest BCUT2D eigenvalue weighted by molar-refractivity contribution is 0.155. The van der Waals surface area contributed by atoms with Crippen LogP contribution in [0.15, 0.2) is 46.9 Å². The topological polar surface area (TPSA) is 47.6 Å². The van der Waals surface area contributed by atoms with Crippen molar-refractivity contribution in [1.82, 2.24) is 0 Å². The first-order chi connectivity index (χ1) is 10.1. The number of hydrogen-bond acceptors (Lipinski definition) is 3. The summed E-state index contributed by atoms with van der Waals surface area (Å²) in [6, 6.07) is 12.7. The number of rotatable bonds is 4. The zero-order valence-electron chi connectivity index (χ0n) is 11.2.